The number of nitrogens with one attached hydrogen (secondary N) is 2. The second-order valence-electron chi connectivity index (χ2n) is 7.72. The van der Waals surface area contributed by atoms with Gasteiger partial charge in [-0.2, -0.15) is 0 Å². The lowest BCUT2D eigenvalue weighted by Crippen LogP contribution is -2.47. The quantitative estimate of drug-likeness (QED) is 0.636. The van der Waals surface area contributed by atoms with Crippen LogP contribution in [0.2, 0.25) is 0 Å². The highest BCUT2D eigenvalue weighted by atomic mass is 16.2. The summed E-state index contributed by atoms with van der Waals surface area (Å²) in [5.74, 6) is 0.193. The Kier molecular flexibility index (Phi) is 5.97. The van der Waals surface area contributed by atoms with Gasteiger partial charge in [0, 0.05) is 48.5 Å². The number of para-hydroxylation sites is 1. The van der Waals surface area contributed by atoms with Crippen molar-refractivity contribution in [2.24, 2.45) is 5.92 Å². The molecule has 0 saturated carbocycles. The fraction of sp³-hybridized carbons (Fsp3) is 0.304. The van der Waals surface area contributed by atoms with E-state index in [4.69, 9.17) is 0 Å². The Morgan fingerprint density at radius 3 is 2.45 bits per heavy atom. The second-order valence-corrected chi connectivity index (χ2v) is 7.72. The number of amides is 2. The zero-order valence-corrected chi connectivity index (χ0v) is 17.7. The van der Waals surface area contributed by atoms with E-state index in [1.807, 2.05) is 54.8 Å². The van der Waals surface area contributed by atoms with Crippen LogP contribution in [0, 0.1) is 19.8 Å². The molecule has 160 valence electrons. The van der Waals surface area contributed by atoms with Crippen molar-refractivity contribution in [2.75, 3.05) is 18.0 Å². The van der Waals surface area contributed by atoms with E-state index in [1.165, 1.54) is 0 Å². The van der Waals surface area contributed by atoms with E-state index < -0.39 is 0 Å². The smallest absolute Gasteiger partial charge is 0.271 e. The standard InChI is InChI=1S/C23H26N6O2/c1-16-14-20(17(2)29(16)19-6-4-3-5-7-19)23(31)27-26-22(30)18-8-12-28(13-9-18)21-15-24-10-11-25-21/h3-7,10-11,14-15,18H,8-9,12-13H2,1-2H3,(H,26,30)(H,27,31). The van der Waals surface area contributed by atoms with Crippen LogP contribution in [0.1, 0.15) is 34.6 Å². The number of hydrogen-bond acceptors (Lipinski definition) is 5. The average Bonchev–Trinajstić information content (AvgIpc) is 3.12. The number of rotatable bonds is 4. The van der Waals surface area contributed by atoms with Crippen LogP contribution in [0.15, 0.2) is 55.0 Å². The largest absolute Gasteiger partial charge is 0.355 e. The number of hydrazine groups is 1. The van der Waals surface area contributed by atoms with Gasteiger partial charge in [-0.15, -0.1) is 0 Å². The molecule has 2 aromatic heterocycles. The van der Waals surface area contributed by atoms with Crippen LogP contribution in [-0.2, 0) is 4.79 Å². The Morgan fingerprint density at radius 1 is 1.03 bits per heavy atom. The number of hydrogen-bond donors (Lipinski definition) is 2. The summed E-state index contributed by atoms with van der Waals surface area (Å²) in [4.78, 5) is 35.8. The average molecular weight is 419 g/mol. The van der Waals surface area contributed by atoms with Crippen molar-refractivity contribution in [3.05, 3.63) is 71.9 Å². The molecule has 2 N–H and O–H groups in total. The highest BCUT2D eigenvalue weighted by Gasteiger charge is 2.26. The summed E-state index contributed by atoms with van der Waals surface area (Å²) in [6.45, 7) is 5.31. The van der Waals surface area contributed by atoms with E-state index >= 15 is 0 Å². The third-order valence-corrected chi connectivity index (χ3v) is 5.73. The first-order valence-corrected chi connectivity index (χ1v) is 10.4. The molecule has 1 fully saturated rings. The zero-order chi connectivity index (χ0) is 21.8. The molecule has 1 aliphatic heterocycles. The Hall–Kier alpha value is -3.68. The van der Waals surface area contributed by atoms with Gasteiger partial charge in [-0.3, -0.25) is 25.4 Å². The van der Waals surface area contributed by atoms with Crippen molar-refractivity contribution in [1.82, 2.24) is 25.4 Å². The number of carbonyl (C=O) groups excluding carboxylic acids is 2. The highest BCUT2D eigenvalue weighted by Crippen LogP contribution is 2.22. The van der Waals surface area contributed by atoms with Gasteiger partial charge in [-0.1, -0.05) is 18.2 Å². The molecule has 0 spiro atoms. The summed E-state index contributed by atoms with van der Waals surface area (Å²) in [7, 11) is 0. The molecule has 1 aromatic carbocycles. The molecule has 0 atom stereocenters. The maximum Gasteiger partial charge on any atom is 0.271 e. The van der Waals surface area contributed by atoms with Crippen LogP contribution < -0.4 is 15.8 Å². The molecule has 0 aliphatic carbocycles. The van der Waals surface area contributed by atoms with E-state index in [1.54, 1.807) is 18.6 Å². The van der Waals surface area contributed by atoms with Gasteiger partial charge in [-0.25, -0.2) is 4.98 Å². The number of piperidine rings is 1. The van der Waals surface area contributed by atoms with Gasteiger partial charge >= 0.3 is 0 Å². The lowest BCUT2D eigenvalue weighted by molar-refractivity contribution is -0.126. The van der Waals surface area contributed by atoms with Crippen LogP contribution >= 0.6 is 0 Å². The topological polar surface area (TPSA) is 92.2 Å². The molecule has 0 bridgehead atoms. The summed E-state index contributed by atoms with van der Waals surface area (Å²) in [6, 6.07) is 11.7. The van der Waals surface area contributed by atoms with Gasteiger partial charge in [-0.05, 0) is 44.9 Å². The molecular formula is C23H26N6O2. The molecule has 31 heavy (non-hydrogen) atoms. The number of aryl methyl sites for hydroxylation is 1. The van der Waals surface area contributed by atoms with E-state index in [9.17, 15) is 9.59 Å². The monoisotopic (exact) mass is 418 g/mol. The van der Waals surface area contributed by atoms with E-state index in [0.29, 0.717) is 18.4 Å². The van der Waals surface area contributed by atoms with Gasteiger partial charge in [0.05, 0.1) is 11.8 Å². The number of carbonyl (C=O) groups is 2. The molecule has 0 unspecified atom stereocenters. The van der Waals surface area contributed by atoms with E-state index in [2.05, 4.69) is 25.7 Å². The molecule has 2 amide bonds. The molecule has 8 nitrogen and oxygen atoms in total. The van der Waals surface area contributed by atoms with Gasteiger partial charge in [0.15, 0.2) is 0 Å². The van der Waals surface area contributed by atoms with Crippen LogP contribution in [0.4, 0.5) is 5.82 Å². The summed E-state index contributed by atoms with van der Waals surface area (Å²) in [5, 5.41) is 0. The molecule has 4 rings (SSSR count). The van der Waals surface area contributed by atoms with Crippen molar-refractivity contribution in [1.29, 1.82) is 0 Å². The Morgan fingerprint density at radius 2 is 1.77 bits per heavy atom. The van der Waals surface area contributed by atoms with Crippen molar-refractivity contribution >= 4 is 17.6 Å². The predicted molar refractivity (Wildman–Crippen MR) is 118 cm³/mol. The maximum absolute atomic E-state index is 12.7. The molecular weight excluding hydrogens is 392 g/mol. The Balaban J connectivity index is 1.34. The molecule has 3 heterocycles. The molecule has 3 aromatic rings. The second kappa shape index (κ2) is 8.99. The first-order valence-electron chi connectivity index (χ1n) is 10.4. The number of benzene rings is 1. The van der Waals surface area contributed by atoms with Crippen molar-refractivity contribution < 1.29 is 9.59 Å². The van der Waals surface area contributed by atoms with Crippen molar-refractivity contribution in [3.63, 3.8) is 0 Å². The molecule has 1 aliphatic rings. The van der Waals surface area contributed by atoms with Gasteiger partial charge in [0.2, 0.25) is 5.91 Å². The van der Waals surface area contributed by atoms with Crippen molar-refractivity contribution in [3.8, 4) is 5.69 Å². The molecule has 8 heteroatoms. The number of anilines is 1. The van der Waals surface area contributed by atoms with Crippen LogP contribution in [0.25, 0.3) is 5.69 Å². The van der Waals surface area contributed by atoms with Gasteiger partial charge in [0.1, 0.15) is 5.82 Å². The summed E-state index contributed by atoms with van der Waals surface area (Å²) < 4.78 is 2.03. The lowest BCUT2D eigenvalue weighted by Gasteiger charge is -2.31. The van der Waals surface area contributed by atoms with Gasteiger partial charge in [0.25, 0.3) is 5.91 Å². The SMILES string of the molecule is Cc1cc(C(=O)NNC(=O)C2CCN(c3cnccn3)CC2)c(C)n1-c1ccccc1. The van der Waals surface area contributed by atoms with E-state index in [0.717, 1.165) is 36.0 Å². The minimum Gasteiger partial charge on any atom is -0.355 e. The third kappa shape index (κ3) is 4.42. The van der Waals surface area contributed by atoms with Crippen molar-refractivity contribution in [2.45, 2.75) is 26.7 Å². The minimum absolute atomic E-state index is 0.148. The van der Waals surface area contributed by atoms with Crippen LogP contribution in [0.3, 0.4) is 0 Å². The Bertz CT molecular complexity index is 1060. The summed E-state index contributed by atoms with van der Waals surface area (Å²) in [5.41, 5.74) is 8.51. The highest BCUT2D eigenvalue weighted by molar-refractivity contribution is 5.97. The third-order valence-electron chi connectivity index (χ3n) is 5.73. The minimum atomic E-state index is -0.319. The molecule has 0 radical (unpaired) electrons. The van der Waals surface area contributed by atoms with Crippen LogP contribution in [0.5, 0.6) is 0 Å². The van der Waals surface area contributed by atoms with E-state index in [-0.39, 0.29) is 17.7 Å². The maximum atomic E-state index is 12.7. The van der Waals surface area contributed by atoms with Crippen LogP contribution in [-0.4, -0.2) is 39.4 Å². The zero-order valence-electron chi connectivity index (χ0n) is 17.7. The number of nitrogens with zero attached hydrogens (tertiary/aromatic N) is 4. The molecule has 1 saturated heterocycles. The van der Waals surface area contributed by atoms with Gasteiger partial charge < -0.3 is 9.47 Å². The predicted octanol–water partition coefficient (Wildman–Crippen LogP) is 2.56. The lowest BCUT2D eigenvalue weighted by atomic mass is 9.96. The fourth-order valence-corrected chi connectivity index (χ4v) is 4.08. The first kappa shape index (κ1) is 20.6. The Labute approximate surface area is 181 Å². The fourth-order valence-electron chi connectivity index (χ4n) is 4.08. The number of aromatic nitrogens is 3. The normalized spacial score (nSPS) is 14.3. The summed E-state index contributed by atoms with van der Waals surface area (Å²) >= 11 is 0. The first-order chi connectivity index (χ1) is 15.0. The summed E-state index contributed by atoms with van der Waals surface area (Å²) in [6.07, 6.45) is 6.43.